The van der Waals surface area contributed by atoms with Crippen molar-refractivity contribution < 1.29 is 23.8 Å². The number of unbranched alkanes of at least 4 members (excludes halogenated alkanes) is 28. The first kappa shape index (κ1) is 65.1. The molecule has 5 nitrogen and oxygen atoms in total. The predicted molar refractivity (Wildman–Crippen MR) is 297 cm³/mol. The first-order valence-corrected chi connectivity index (χ1v) is 29.1. The van der Waals surface area contributed by atoms with Crippen molar-refractivity contribution in [1.82, 2.24) is 0 Å². The quantitative estimate of drug-likeness (QED) is 0.0345. The Balaban J connectivity index is 4.35. The van der Waals surface area contributed by atoms with Crippen LogP contribution in [0.2, 0.25) is 0 Å². The van der Waals surface area contributed by atoms with Crippen LogP contribution in [-0.4, -0.2) is 37.9 Å². The molecule has 0 saturated heterocycles. The molecule has 0 bridgehead atoms. The van der Waals surface area contributed by atoms with E-state index in [1.54, 1.807) is 0 Å². The Bertz CT molecular complexity index is 1250. The number of carbonyl (C=O) groups is 2. The van der Waals surface area contributed by atoms with Crippen molar-refractivity contribution in [3.63, 3.8) is 0 Å². The van der Waals surface area contributed by atoms with Crippen LogP contribution >= 0.6 is 0 Å². The van der Waals surface area contributed by atoms with Gasteiger partial charge < -0.3 is 14.2 Å². The minimum absolute atomic E-state index is 0.0528. The van der Waals surface area contributed by atoms with E-state index in [0.717, 1.165) is 77.0 Å². The summed E-state index contributed by atoms with van der Waals surface area (Å²) in [5.74, 6) is -0.434. The molecule has 0 aliphatic rings. The normalized spacial score (nSPS) is 12.8. The SMILES string of the molecule is CC/C=C\C/C=C\C/C=C\C/C=C\C/C=C\CCOCC(COC(=O)CCCCCCCCCCC/C=C\C/C=C\CCCCC)OC(=O)CCCCCCCCCCCCCCCCCCC. The highest BCUT2D eigenvalue weighted by molar-refractivity contribution is 5.70. The number of carbonyl (C=O) groups excluding carboxylic acids is 2. The van der Waals surface area contributed by atoms with E-state index in [1.807, 2.05) is 0 Å². The van der Waals surface area contributed by atoms with Gasteiger partial charge in [-0.3, -0.25) is 9.59 Å². The van der Waals surface area contributed by atoms with E-state index in [0.29, 0.717) is 19.4 Å². The van der Waals surface area contributed by atoms with E-state index in [-0.39, 0.29) is 25.2 Å². The molecule has 0 fully saturated rings. The van der Waals surface area contributed by atoms with Crippen molar-refractivity contribution in [1.29, 1.82) is 0 Å². The maximum atomic E-state index is 12.9. The predicted octanol–water partition coefficient (Wildman–Crippen LogP) is 20.0. The van der Waals surface area contributed by atoms with Gasteiger partial charge in [0, 0.05) is 12.8 Å². The summed E-state index contributed by atoms with van der Waals surface area (Å²) in [6.45, 7) is 7.51. The fraction of sp³-hybridized carbons (Fsp3) is 0.746. The summed E-state index contributed by atoms with van der Waals surface area (Å²) >= 11 is 0. The third kappa shape index (κ3) is 55.7. The minimum Gasteiger partial charge on any atom is -0.462 e. The fourth-order valence-electron chi connectivity index (χ4n) is 8.14. The Labute approximate surface area is 422 Å². The van der Waals surface area contributed by atoms with Crippen LogP contribution in [0.5, 0.6) is 0 Å². The first-order valence-electron chi connectivity index (χ1n) is 29.1. The number of rotatable bonds is 53. The second-order valence-electron chi connectivity index (χ2n) is 19.2. The summed E-state index contributed by atoms with van der Waals surface area (Å²) in [7, 11) is 0. The van der Waals surface area contributed by atoms with E-state index >= 15 is 0 Å². The summed E-state index contributed by atoms with van der Waals surface area (Å²) in [5, 5.41) is 0. The molecular formula is C63H110O5. The number of hydrogen-bond acceptors (Lipinski definition) is 5. The molecule has 0 N–H and O–H groups in total. The van der Waals surface area contributed by atoms with Crippen LogP contribution in [0.3, 0.4) is 0 Å². The third-order valence-corrected chi connectivity index (χ3v) is 12.4. The van der Waals surface area contributed by atoms with Gasteiger partial charge in [-0.1, -0.05) is 266 Å². The summed E-state index contributed by atoms with van der Waals surface area (Å²) in [6, 6.07) is 0. The maximum absolute atomic E-state index is 12.9. The van der Waals surface area contributed by atoms with Crippen molar-refractivity contribution in [2.45, 2.75) is 284 Å². The number of hydrogen-bond donors (Lipinski definition) is 0. The first-order chi connectivity index (χ1) is 33.6. The molecule has 0 heterocycles. The van der Waals surface area contributed by atoms with Crippen LogP contribution < -0.4 is 0 Å². The van der Waals surface area contributed by atoms with Gasteiger partial charge in [-0.25, -0.2) is 0 Å². The van der Waals surface area contributed by atoms with Gasteiger partial charge in [0.2, 0.25) is 0 Å². The molecule has 0 amide bonds. The monoisotopic (exact) mass is 947 g/mol. The molecule has 392 valence electrons. The van der Waals surface area contributed by atoms with E-state index in [2.05, 4.69) is 106 Å². The highest BCUT2D eigenvalue weighted by Gasteiger charge is 2.17. The average molecular weight is 948 g/mol. The molecule has 0 aromatic rings. The lowest BCUT2D eigenvalue weighted by atomic mass is 10.0. The second-order valence-corrected chi connectivity index (χ2v) is 19.2. The van der Waals surface area contributed by atoms with E-state index in [9.17, 15) is 9.59 Å². The lowest BCUT2D eigenvalue weighted by Gasteiger charge is -2.18. The molecule has 1 unspecified atom stereocenters. The largest absolute Gasteiger partial charge is 0.462 e. The van der Waals surface area contributed by atoms with Crippen LogP contribution in [0.4, 0.5) is 0 Å². The summed E-state index contributed by atoms with van der Waals surface area (Å²) in [6.07, 6.45) is 77.7. The number of allylic oxidation sites excluding steroid dienone is 13. The van der Waals surface area contributed by atoms with Crippen LogP contribution in [0.25, 0.3) is 0 Å². The molecule has 0 saturated carbocycles. The minimum atomic E-state index is -0.580. The van der Waals surface area contributed by atoms with Crippen LogP contribution in [0, 0.1) is 0 Å². The van der Waals surface area contributed by atoms with Crippen LogP contribution in [0.15, 0.2) is 85.1 Å². The zero-order valence-corrected chi connectivity index (χ0v) is 45.1. The Morgan fingerprint density at radius 1 is 0.338 bits per heavy atom. The van der Waals surface area contributed by atoms with Gasteiger partial charge in [0.1, 0.15) is 6.61 Å². The summed E-state index contributed by atoms with van der Waals surface area (Å²) < 4.78 is 17.4. The Morgan fingerprint density at radius 2 is 0.662 bits per heavy atom. The lowest BCUT2D eigenvalue weighted by Crippen LogP contribution is -2.30. The molecule has 0 aromatic carbocycles. The van der Waals surface area contributed by atoms with Crippen LogP contribution in [0.1, 0.15) is 278 Å². The van der Waals surface area contributed by atoms with Crippen molar-refractivity contribution in [3.8, 4) is 0 Å². The van der Waals surface area contributed by atoms with E-state index in [4.69, 9.17) is 14.2 Å². The molecule has 0 aromatic heterocycles. The molecule has 5 heteroatoms. The standard InChI is InChI=1S/C63H110O5/c1-4-7-10-13-16-19-22-25-28-31-32-34-35-38-41-44-47-50-53-56-62(64)67-60-61(59-66-58-55-52-49-46-43-40-37-30-27-24-21-18-15-12-9-6-3)68-63(65)57-54-51-48-45-42-39-36-33-29-26-23-20-17-14-11-8-5-2/h9,12,16,18-19,21,25,27-28,30,40,43,49,52,61H,4-8,10-11,13-15,17,20,22-24,26,29,31-39,41-42,44-48,50-51,53-60H2,1-3H3/b12-9-,19-16-,21-18-,28-25-,30-27-,43-40-,52-49-. The molecule has 0 aliphatic carbocycles. The second kappa shape index (κ2) is 58.4. The van der Waals surface area contributed by atoms with Gasteiger partial charge in [0.25, 0.3) is 0 Å². The molecule has 1 atom stereocenters. The van der Waals surface area contributed by atoms with Crippen molar-refractivity contribution in [3.05, 3.63) is 85.1 Å². The fourth-order valence-corrected chi connectivity index (χ4v) is 8.14. The van der Waals surface area contributed by atoms with Crippen molar-refractivity contribution in [2.75, 3.05) is 19.8 Å². The Kier molecular flexibility index (Phi) is 55.9. The third-order valence-electron chi connectivity index (χ3n) is 12.4. The average Bonchev–Trinajstić information content (AvgIpc) is 3.34. The van der Waals surface area contributed by atoms with Crippen LogP contribution in [-0.2, 0) is 23.8 Å². The molecule has 0 radical (unpaired) electrons. The lowest BCUT2D eigenvalue weighted by molar-refractivity contribution is -0.162. The summed E-state index contributed by atoms with van der Waals surface area (Å²) in [5.41, 5.74) is 0. The highest BCUT2D eigenvalue weighted by Crippen LogP contribution is 2.16. The highest BCUT2D eigenvalue weighted by atomic mass is 16.6. The molecular weight excluding hydrogens is 837 g/mol. The van der Waals surface area contributed by atoms with Gasteiger partial charge in [0.15, 0.2) is 6.10 Å². The summed E-state index contributed by atoms with van der Waals surface area (Å²) in [4.78, 5) is 25.5. The molecule has 0 rings (SSSR count). The van der Waals surface area contributed by atoms with Crippen molar-refractivity contribution >= 4 is 11.9 Å². The van der Waals surface area contributed by atoms with Gasteiger partial charge in [-0.15, -0.1) is 0 Å². The van der Waals surface area contributed by atoms with E-state index < -0.39 is 6.10 Å². The maximum Gasteiger partial charge on any atom is 0.306 e. The smallest absolute Gasteiger partial charge is 0.306 e. The molecule has 0 aliphatic heterocycles. The number of esters is 2. The molecule has 68 heavy (non-hydrogen) atoms. The number of ether oxygens (including phenoxy) is 3. The Morgan fingerprint density at radius 3 is 1.09 bits per heavy atom. The van der Waals surface area contributed by atoms with Gasteiger partial charge in [-0.2, -0.15) is 0 Å². The van der Waals surface area contributed by atoms with Gasteiger partial charge in [-0.05, 0) is 83.5 Å². The molecule has 0 spiro atoms. The van der Waals surface area contributed by atoms with Crippen molar-refractivity contribution in [2.24, 2.45) is 0 Å². The van der Waals surface area contributed by atoms with Gasteiger partial charge >= 0.3 is 11.9 Å². The topological polar surface area (TPSA) is 61.8 Å². The van der Waals surface area contributed by atoms with E-state index in [1.165, 1.54) is 167 Å². The van der Waals surface area contributed by atoms with Gasteiger partial charge in [0.05, 0.1) is 13.2 Å². The zero-order chi connectivity index (χ0) is 49.2. The zero-order valence-electron chi connectivity index (χ0n) is 45.1. The Hall–Kier alpha value is -2.92.